The van der Waals surface area contributed by atoms with Crippen LogP contribution < -0.4 is 0 Å². The summed E-state index contributed by atoms with van der Waals surface area (Å²) in [5.74, 6) is -0.481. The van der Waals surface area contributed by atoms with E-state index >= 15 is 0 Å². The molecule has 0 aliphatic heterocycles. The summed E-state index contributed by atoms with van der Waals surface area (Å²) in [6.07, 6.45) is 2.43. The first-order valence-corrected chi connectivity index (χ1v) is 7.06. The molecule has 96 valence electrons. The van der Waals surface area contributed by atoms with Gasteiger partial charge in [0, 0.05) is 5.39 Å². The number of hydrogen-bond acceptors (Lipinski definition) is 2. The average Bonchev–Trinajstić information content (AvgIpc) is 2.77. The van der Waals surface area contributed by atoms with Crippen LogP contribution in [0, 0.1) is 9.65 Å². The van der Waals surface area contributed by atoms with Gasteiger partial charge in [0.05, 0.1) is 17.4 Å². The molecule has 3 rings (SSSR count). The summed E-state index contributed by atoms with van der Waals surface area (Å²) in [6, 6.07) is 9.23. The van der Waals surface area contributed by atoms with Gasteiger partial charge in [-0.2, -0.15) is 9.49 Å². The van der Waals surface area contributed by atoms with Gasteiger partial charge in [0.2, 0.25) is 5.95 Å². The van der Waals surface area contributed by atoms with Gasteiger partial charge in [-0.3, -0.25) is 0 Å². The normalized spacial score (nSPS) is 11.1. The van der Waals surface area contributed by atoms with E-state index < -0.39 is 5.95 Å². The molecule has 0 bridgehead atoms. The van der Waals surface area contributed by atoms with Crippen molar-refractivity contribution < 1.29 is 4.39 Å². The van der Waals surface area contributed by atoms with Gasteiger partial charge in [-0.1, -0.05) is 25.1 Å². The van der Waals surface area contributed by atoms with E-state index in [4.69, 9.17) is 0 Å². The van der Waals surface area contributed by atoms with E-state index in [1.165, 1.54) is 17.8 Å². The highest BCUT2D eigenvalue weighted by Crippen LogP contribution is 2.26. The van der Waals surface area contributed by atoms with Gasteiger partial charge >= 0.3 is 0 Å². The molecule has 0 aliphatic carbocycles. The Balaban J connectivity index is 2.32. The number of aromatic nitrogens is 3. The number of halogens is 2. The van der Waals surface area contributed by atoms with Gasteiger partial charge in [0.25, 0.3) is 0 Å². The summed E-state index contributed by atoms with van der Waals surface area (Å²) in [5, 5.41) is 5.65. The van der Waals surface area contributed by atoms with Crippen molar-refractivity contribution in [2.24, 2.45) is 0 Å². The van der Waals surface area contributed by atoms with Crippen LogP contribution in [-0.4, -0.2) is 14.8 Å². The fraction of sp³-hybridized carbons (Fsp3) is 0.143. The molecule has 0 N–H and O–H groups in total. The molecule has 2 heterocycles. The van der Waals surface area contributed by atoms with Crippen LogP contribution in [0.2, 0.25) is 0 Å². The van der Waals surface area contributed by atoms with E-state index in [2.05, 4.69) is 51.7 Å². The number of nitrogens with zero attached hydrogens (tertiary/aromatic N) is 3. The molecule has 5 heteroatoms. The van der Waals surface area contributed by atoms with Crippen LogP contribution in [0.3, 0.4) is 0 Å². The molecule has 0 atom stereocenters. The number of aryl methyl sites for hydroxylation is 1. The van der Waals surface area contributed by atoms with Gasteiger partial charge in [0.1, 0.15) is 3.70 Å². The molecule has 0 spiro atoms. The smallest absolute Gasteiger partial charge is 0.212 e. The predicted molar refractivity (Wildman–Crippen MR) is 80.9 cm³/mol. The number of fused-ring (bicyclic) bond motifs is 1. The largest absolute Gasteiger partial charge is 0.230 e. The fourth-order valence-corrected chi connectivity index (χ4v) is 2.82. The van der Waals surface area contributed by atoms with Crippen LogP contribution in [0.4, 0.5) is 4.39 Å². The summed E-state index contributed by atoms with van der Waals surface area (Å²) >= 11 is 2.22. The summed E-state index contributed by atoms with van der Waals surface area (Å²) in [4.78, 5) is 3.70. The maximum Gasteiger partial charge on any atom is 0.212 e. The quantitative estimate of drug-likeness (QED) is 0.511. The van der Waals surface area contributed by atoms with Crippen molar-refractivity contribution in [1.29, 1.82) is 0 Å². The third-order valence-electron chi connectivity index (χ3n) is 3.08. The summed E-state index contributed by atoms with van der Waals surface area (Å²) in [7, 11) is 0. The lowest BCUT2D eigenvalue weighted by molar-refractivity contribution is 0.582. The number of hydrogen-bond donors (Lipinski definition) is 0. The van der Waals surface area contributed by atoms with E-state index in [1.54, 1.807) is 6.07 Å². The lowest BCUT2D eigenvalue weighted by Gasteiger charge is -2.06. The lowest BCUT2D eigenvalue weighted by atomic mass is 10.1. The molecule has 1 aromatic carbocycles. The highest BCUT2D eigenvalue weighted by atomic mass is 127. The maximum absolute atomic E-state index is 12.9. The van der Waals surface area contributed by atoms with E-state index in [9.17, 15) is 4.39 Å². The van der Waals surface area contributed by atoms with E-state index in [-0.39, 0.29) is 0 Å². The third kappa shape index (κ3) is 2.11. The van der Waals surface area contributed by atoms with Crippen LogP contribution >= 0.6 is 22.6 Å². The molecule has 2 aromatic heterocycles. The van der Waals surface area contributed by atoms with Crippen LogP contribution in [0.15, 0.2) is 36.5 Å². The zero-order valence-electron chi connectivity index (χ0n) is 10.3. The van der Waals surface area contributed by atoms with Crippen molar-refractivity contribution in [3.05, 3.63) is 51.7 Å². The number of rotatable bonds is 2. The van der Waals surface area contributed by atoms with Crippen LogP contribution in [0.5, 0.6) is 0 Å². The second-order valence-corrected chi connectivity index (χ2v) is 5.23. The Morgan fingerprint density at radius 1 is 1.26 bits per heavy atom. The van der Waals surface area contributed by atoms with Crippen LogP contribution in [-0.2, 0) is 6.42 Å². The molecule has 3 nitrogen and oxygen atoms in total. The minimum atomic E-state index is -0.481. The van der Waals surface area contributed by atoms with Crippen molar-refractivity contribution in [2.45, 2.75) is 13.3 Å². The number of para-hydroxylation sites is 1. The molecule has 0 saturated carbocycles. The first-order valence-electron chi connectivity index (χ1n) is 5.98. The first-order chi connectivity index (χ1) is 9.20. The Bertz CT molecular complexity index is 734. The molecule has 0 saturated heterocycles. The standard InChI is InChI=1S/C14H11FIN3/c1-2-9-4-3-5-11-13(9)19(18-14(11)16)10-6-7-12(15)17-8-10/h3-8H,2H2,1H3. The minimum absolute atomic E-state index is 0.481. The molecule has 0 fully saturated rings. The zero-order valence-corrected chi connectivity index (χ0v) is 12.4. The monoisotopic (exact) mass is 367 g/mol. The van der Waals surface area contributed by atoms with Crippen molar-refractivity contribution in [2.75, 3.05) is 0 Å². The maximum atomic E-state index is 12.9. The van der Waals surface area contributed by atoms with Crippen molar-refractivity contribution >= 4 is 33.5 Å². The Labute approximate surface area is 123 Å². The average molecular weight is 367 g/mol. The highest BCUT2D eigenvalue weighted by Gasteiger charge is 2.13. The molecular weight excluding hydrogens is 356 g/mol. The van der Waals surface area contributed by atoms with Crippen molar-refractivity contribution in [3.8, 4) is 5.69 Å². The molecule has 0 radical (unpaired) electrons. The Kier molecular flexibility index (Phi) is 3.22. The Hall–Kier alpha value is -1.50. The fourth-order valence-electron chi connectivity index (χ4n) is 2.17. The van der Waals surface area contributed by atoms with Gasteiger partial charge in [-0.05, 0) is 46.7 Å². The topological polar surface area (TPSA) is 30.7 Å². The van der Waals surface area contributed by atoms with Gasteiger partial charge in [-0.25, -0.2) is 9.67 Å². The van der Waals surface area contributed by atoms with Crippen molar-refractivity contribution in [3.63, 3.8) is 0 Å². The zero-order chi connectivity index (χ0) is 13.4. The summed E-state index contributed by atoms with van der Waals surface area (Å²) in [6.45, 7) is 2.11. The van der Waals surface area contributed by atoms with Gasteiger partial charge in [0.15, 0.2) is 0 Å². The van der Waals surface area contributed by atoms with Crippen LogP contribution in [0.25, 0.3) is 16.6 Å². The van der Waals surface area contributed by atoms with Gasteiger partial charge < -0.3 is 0 Å². The third-order valence-corrected chi connectivity index (χ3v) is 3.88. The Morgan fingerprint density at radius 3 is 2.79 bits per heavy atom. The second kappa shape index (κ2) is 4.88. The lowest BCUT2D eigenvalue weighted by Crippen LogP contribution is -2.00. The van der Waals surface area contributed by atoms with Crippen molar-refractivity contribution in [1.82, 2.24) is 14.8 Å². The SMILES string of the molecule is CCc1cccc2c(I)nn(-c3ccc(F)nc3)c12. The molecule has 3 aromatic rings. The minimum Gasteiger partial charge on any atom is -0.230 e. The molecule has 0 amide bonds. The van der Waals surface area contributed by atoms with Crippen LogP contribution in [0.1, 0.15) is 12.5 Å². The molecular formula is C14H11FIN3. The molecule has 0 aliphatic rings. The second-order valence-electron chi connectivity index (χ2n) is 4.21. The van der Waals surface area contributed by atoms with E-state index in [1.807, 2.05) is 10.7 Å². The summed E-state index contributed by atoms with van der Waals surface area (Å²) < 4.78 is 15.7. The number of benzene rings is 1. The van der Waals surface area contributed by atoms with E-state index in [0.29, 0.717) is 0 Å². The predicted octanol–water partition coefficient (Wildman–Crippen LogP) is 3.73. The molecule has 0 unspecified atom stereocenters. The van der Waals surface area contributed by atoms with E-state index in [0.717, 1.165) is 26.7 Å². The first kappa shape index (κ1) is 12.5. The number of pyridine rings is 1. The Morgan fingerprint density at radius 2 is 2.11 bits per heavy atom. The van der Waals surface area contributed by atoms with Gasteiger partial charge in [-0.15, -0.1) is 0 Å². The summed E-state index contributed by atoms with van der Waals surface area (Å²) in [5.41, 5.74) is 3.07. The molecule has 19 heavy (non-hydrogen) atoms. The highest BCUT2D eigenvalue weighted by molar-refractivity contribution is 14.1.